The minimum atomic E-state index is -0.433. The van der Waals surface area contributed by atoms with Crippen LogP contribution >= 0.6 is 15.9 Å². The molecular weight excluding hydrogens is 445 g/mol. The number of carbonyl (C=O) groups is 1. The second kappa shape index (κ2) is 9.44. The van der Waals surface area contributed by atoms with Crippen molar-refractivity contribution >= 4 is 33.2 Å². The molecule has 0 bridgehead atoms. The first-order chi connectivity index (χ1) is 14.0. The summed E-state index contributed by atoms with van der Waals surface area (Å²) in [4.78, 5) is 16.7. The molecule has 0 amide bonds. The molecule has 2 aromatic carbocycles. The monoisotopic (exact) mass is 461 g/mol. The molecule has 9 heteroatoms. The maximum Gasteiger partial charge on any atom is 0.162 e. The summed E-state index contributed by atoms with van der Waals surface area (Å²) in [7, 11) is 1.57. The number of halogens is 2. The number of carbonyl (C=O) groups excluding carboxylic acids is 1. The van der Waals surface area contributed by atoms with Crippen molar-refractivity contribution in [3.05, 3.63) is 75.8 Å². The van der Waals surface area contributed by atoms with Gasteiger partial charge in [-0.3, -0.25) is 15.5 Å². The first kappa shape index (κ1) is 20.7. The number of Topliss-reactive ketones (excluding diaryl/α,β-unsaturated/α-hetero) is 1. The highest BCUT2D eigenvalue weighted by molar-refractivity contribution is 9.10. The lowest BCUT2D eigenvalue weighted by Crippen LogP contribution is -2.22. The number of nitrogens with zero attached hydrogens (tertiary/aromatic N) is 2. The lowest BCUT2D eigenvalue weighted by molar-refractivity contribution is -0.117. The Labute approximate surface area is 174 Å². The highest BCUT2D eigenvalue weighted by Crippen LogP contribution is 2.23. The molecule has 3 aromatic rings. The van der Waals surface area contributed by atoms with Crippen molar-refractivity contribution in [1.29, 1.82) is 0 Å². The van der Waals surface area contributed by atoms with Crippen molar-refractivity contribution in [3.8, 4) is 5.75 Å². The van der Waals surface area contributed by atoms with Gasteiger partial charge in [0, 0.05) is 6.42 Å². The highest BCUT2D eigenvalue weighted by Gasteiger charge is 2.17. The quantitative estimate of drug-likeness (QED) is 0.313. The number of aromatic nitrogens is 1. The molecule has 0 atom stereocenters. The molecule has 0 radical (unpaired) electrons. The lowest BCUT2D eigenvalue weighted by Gasteiger charge is -2.06. The molecule has 7 nitrogen and oxygen atoms in total. The first-order valence-electron chi connectivity index (χ1n) is 8.52. The summed E-state index contributed by atoms with van der Waals surface area (Å²) in [5, 5.41) is 13.3. The summed E-state index contributed by atoms with van der Waals surface area (Å²) in [5.74, 6) is 0.212. The van der Waals surface area contributed by atoms with Crippen LogP contribution < -0.4 is 10.2 Å². The summed E-state index contributed by atoms with van der Waals surface area (Å²) < 4.78 is 23.7. The Morgan fingerprint density at radius 3 is 2.69 bits per heavy atom. The van der Waals surface area contributed by atoms with Crippen molar-refractivity contribution in [2.75, 3.05) is 7.11 Å². The maximum absolute atomic E-state index is 13.4. The fraction of sp³-hybridized carbons (Fsp3) is 0.150. The van der Waals surface area contributed by atoms with E-state index in [1.165, 1.54) is 24.5 Å². The van der Waals surface area contributed by atoms with Crippen LogP contribution in [0, 0.1) is 5.82 Å². The fourth-order valence-corrected chi connectivity index (χ4v) is 3.00. The number of nitrogens with one attached hydrogen (secondary N) is 1. The van der Waals surface area contributed by atoms with Crippen LogP contribution in [0.4, 0.5) is 10.1 Å². The van der Waals surface area contributed by atoms with Crippen molar-refractivity contribution in [2.24, 2.45) is 4.99 Å². The smallest absolute Gasteiger partial charge is 0.162 e. The van der Waals surface area contributed by atoms with Crippen LogP contribution in [0.5, 0.6) is 5.75 Å². The van der Waals surface area contributed by atoms with Gasteiger partial charge in [-0.15, -0.1) is 0 Å². The van der Waals surface area contributed by atoms with Gasteiger partial charge in [0.2, 0.25) is 0 Å². The van der Waals surface area contributed by atoms with Crippen LogP contribution in [-0.4, -0.2) is 29.1 Å². The van der Waals surface area contributed by atoms with Crippen molar-refractivity contribution in [3.63, 3.8) is 0 Å². The zero-order valence-corrected chi connectivity index (χ0v) is 16.9. The van der Waals surface area contributed by atoms with E-state index in [0.717, 1.165) is 5.56 Å². The third-order valence-corrected chi connectivity index (χ3v) is 4.68. The molecule has 0 aliphatic rings. The molecule has 0 spiro atoms. The highest BCUT2D eigenvalue weighted by atomic mass is 79.9. The molecule has 1 heterocycles. The van der Waals surface area contributed by atoms with E-state index in [1.54, 1.807) is 19.2 Å². The number of hydrogen-bond acceptors (Lipinski definition) is 6. The van der Waals surface area contributed by atoms with Gasteiger partial charge in [0.25, 0.3) is 0 Å². The van der Waals surface area contributed by atoms with Crippen LogP contribution in [0.15, 0.2) is 62.7 Å². The number of ether oxygens (including phenoxy) is 1. The Balaban J connectivity index is 1.76. The van der Waals surface area contributed by atoms with E-state index in [4.69, 9.17) is 9.26 Å². The normalized spacial score (nSPS) is 11.4. The molecule has 0 aliphatic heterocycles. The average Bonchev–Trinajstić information content (AvgIpc) is 3.17. The van der Waals surface area contributed by atoms with Crippen molar-refractivity contribution < 1.29 is 23.7 Å². The Hall–Kier alpha value is -3.04. The predicted molar refractivity (Wildman–Crippen MR) is 107 cm³/mol. The van der Waals surface area contributed by atoms with Crippen LogP contribution in [-0.2, 0) is 17.6 Å². The summed E-state index contributed by atoms with van der Waals surface area (Å²) >= 11 is 3.08. The lowest BCUT2D eigenvalue weighted by atomic mass is 10.0. The summed E-state index contributed by atoms with van der Waals surface area (Å²) in [6, 6.07) is 11.3. The Kier molecular flexibility index (Phi) is 6.73. The molecule has 0 saturated heterocycles. The van der Waals surface area contributed by atoms with E-state index in [0.29, 0.717) is 22.7 Å². The van der Waals surface area contributed by atoms with Gasteiger partial charge < -0.3 is 9.26 Å². The van der Waals surface area contributed by atoms with E-state index in [2.05, 4.69) is 26.1 Å². The zero-order valence-electron chi connectivity index (χ0n) is 15.4. The molecule has 0 fully saturated rings. The van der Waals surface area contributed by atoms with E-state index in [-0.39, 0.29) is 28.9 Å². The topological polar surface area (TPSA) is 97.0 Å². The third-order valence-electron chi connectivity index (χ3n) is 4.07. The maximum atomic E-state index is 13.4. The Morgan fingerprint density at radius 1 is 1.28 bits per heavy atom. The van der Waals surface area contributed by atoms with Gasteiger partial charge in [-0.2, -0.15) is 0 Å². The molecular formula is C20H17BrFN3O4. The SMILES string of the molecule is COc1ccc(CC(=O)Cc2nocc2C(=Nc2ccc(F)c(Br)c2)NO)cc1. The van der Waals surface area contributed by atoms with Crippen LogP contribution in [0.25, 0.3) is 0 Å². The van der Waals surface area contributed by atoms with Gasteiger partial charge >= 0.3 is 0 Å². The van der Waals surface area contributed by atoms with Gasteiger partial charge in [-0.05, 0) is 51.8 Å². The number of benzene rings is 2. The molecule has 0 saturated carbocycles. The molecule has 3 rings (SSSR count). The minimum absolute atomic E-state index is 0.00826. The summed E-state index contributed by atoms with van der Waals surface area (Å²) in [5.41, 5.74) is 3.85. The number of hydrogen-bond donors (Lipinski definition) is 2. The Bertz CT molecular complexity index is 1030. The minimum Gasteiger partial charge on any atom is -0.497 e. The predicted octanol–water partition coefficient (Wildman–Crippen LogP) is 4.00. The van der Waals surface area contributed by atoms with Gasteiger partial charge in [0.1, 0.15) is 29.3 Å². The number of aliphatic imine (C=N–C) groups is 1. The summed E-state index contributed by atoms with van der Waals surface area (Å²) in [6.45, 7) is 0. The van der Waals surface area contributed by atoms with Gasteiger partial charge in [-0.1, -0.05) is 17.3 Å². The number of amidine groups is 1. The first-order valence-corrected chi connectivity index (χ1v) is 9.31. The second-order valence-corrected chi connectivity index (χ2v) is 6.94. The third kappa shape index (κ3) is 5.27. The summed E-state index contributed by atoms with van der Waals surface area (Å²) in [6.07, 6.45) is 1.47. The number of rotatable bonds is 7. The van der Waals surface area contributed by atoms with E-state index in [9.17, 15) is 14.4 Å². The van der Waals surface area contributed by atoms with Gasteiger partial charge in [-0.25, -0.2) is 9.38 Å². The van der Waals surface area contributed by atoms with E-state index >= 15 is 0 Å². The zero-order chi connectivity index (χ0) is 20.8. The molecule has 0 aliphatic carbocycles. The van der Waals surface area contributed by atoms with Crippen molar-refractivity contribution in [1.82, 2.24) is 10.6 Å². The molecule has 0 unspecified atom stereocenters. The average molecular weight is 462 g/mol. The van der Waals surface area contributed by atoms with Crippen molar-refractivity contribution in [2.45, 2.75) is 12.8 Å². The number of methoxy groups -OCH3 is 1. The standard InChI is InChI=1S/C20H17BrFN3O4/c1-28-15-5-2-12(3-6-15)8-14(26)10-19-16(11-29-25-19)20(24-27)23-13-4-7-18(22)17(21)9-13/h2-7,9,11,27H,8,10H2,1H3,(H,23,24). The molecule has 150 valence electrons. The molecule has 2 N–H and O–H groups in total. The van der Waals surface area contributed by atoms with Crippen LogP contribution in [0.2, 0.25) is 0 Å². The largest absolute Gasteiger partial charge is 0.497 e. The number of ketones is 1. The van der Waals surface area contributed by atoms with E-state index < -0.39 is 5.82 Å². The fourth-order valence-electron chi connectivity index (χ4n) is 2.63. The van der Waals surface area contributed by atoms with E-state index in [1.807, 2.05) is 17.6 Å². The molecule has 1 aromatic heterocycles. The second-order valence-electron chi connectivity index (χ2n) is 6.09. The molecule has 29 heavy (non-hydrogen) atoms. The van der Waals surface area contributed by atoms with Gasteiger partial charge in [0.15, 0.2) is 5.84 Å². The number of hydroxylamine groups is 1. The Morgan fingerprint density at radius 2 is 2.03 bits per heavy atom. The van der Waals surface area contributed by atoms with Crippen LogP contribution in [0.3, 0.4) is 0 Å². The van der Waals surface area contributed by atoms with Crippen LogP contribution in [0.1, 0.15) is 16.8 Å². The van der Waals surface area contributed by atoms with Gasteiger partial charge in [0.05, 0.1) is 29.3 Å².